The summed E-state index contributed by atoms with van der Waals surface area (Å²) in [7, 11) is -0.864. The van der Waals surface area contributed by atoms with Gasteiger partial charge in [0.05, 0.1) is 20.5 Å². The molecule has 1 atom stereocenters. The van der Waals surface area contributed by atoms with Crippen molar-refractivity contribution in [2.24, 2.45) is 0 Å². The molecule has 1 amide bonds. The van der Waals surface area contributed by atoms with Crippen molar-refractivity contribution in [2.75, 3.05) is 19.4 Å². The molecule has 1 aromatic heterocycles. The molecule has 0 spiro atoms. The van der Waals surface area contributed by atoms with E-state index in [0.717, 1.165) is 18.9 Å². The molecular weight excluding hydrogens is 438 g/mol. The van der Waals surface area contributed by atoms with Crippen molar-refractivity contribution < 1.29 is 13.2 Å². The quantitative estimate of drug-likeness (QED) is 0.560. The monoisotopic (exact) mass is 455 g/mol. The Morgan fingerprint density at radius 2 is 1.96 bits per heavy atom. The van der Waals surface area contributed by atoms with Crippen molar-refractivity contribution in [3.05, 3.63) is 47.5 Å². The Bertz CT molecular complexity index is 1100. The fraction of sp³-hybridized carbons (Fsp3) is 0.222. The van der Waals surface area contributed by atoms with Crippen LogP contribution in [-0.4, -0.2) is 43.0 Å². The molecule has 6 nitrogen and oxygen atoms in total. The first-order chi connectivity index (χ1) is 13.2. The number of anilines is 1. The fourth-order valence-corrected chi connectivity index (χ4v) is 5.93. The normalized spacial score (nSPS) is 13.0. The third kappa shape index (κ3) is 4.49. The summed E-state index contributed by atoms with van der Waals surface area (Å²) in [5, 5.41) is 2.44. The van der Waals surface area contributed by atoms with Crippen LogP contribution in [0.1, 0.15) is 6.92 Å². The van der Waals surface area contributed by atoms with Crippen LogP contribution in [0.2, 0.25) is 5.02 Å². The molecule has 0 unspecified atom stereocenters. The van der Waals surface area contributed by atoms with Gasteiger partial charge in [0, 0.05) is 19.8 Å². The molecule has 0 saturated heterocycles. The number of para-hydroxylation sites is 1. The van der Waals surface area contributed by atoms with Crippen molar-refractivity contribution in [1.82, 2.24) is 9.29 Å². The van der Waals surface area contributed by atoms with Crippen LogP contribution in [0, 0.1) is 0 Å². The number of nitrogens with one attached hydrogen (secondary N) is 1. The lowest BCUT2D eigenvalue weighted by Crippen LogP contribution is -2.24. The van der Waals surface area contributed by atoms with E-state index in [1.54, 1.807) is 13.0 Å². The molecule has 3 aromatic rings. The van der Waals surface area contributed by atoms with Gasteiger partial charge in [0.1, 0.15) is 4.90 Å². The molecule has 0 aliphatic heterocycles. The maximum Gasteiger partial charge on any atom is 0.244 e. The zero-order valence-corrected chi connectivity index (χ0v) is 18.5. The van der Waals surface area contributed by atoms with E-state index in [1.165, 1.54) is 49.3 Å². The zero-order valence-electron chi connectivity index (χ0n) is 15.3. The van der Waals surface area contributed by atoms with Gasteiger partial charge in [0.25, 0.3) is 0 Å². The number of rotatable bonds is 6. The zero-order chi connectivity index (χ0) is 20.5. The number of aromatic nitrogens is 1. The molecule has 2 aromatic carbocycles. The van der Waals surface area contributed by atoms with Gasteiger partial charge in [-0.2, -0.15) is 0 Å². The predicted octanol–water partition coefficient (Wildman–Crippen LogP) is 4.32. The second-order valence-corrected chi connectivity index (χ2v) is 11.3. The SMILES string of the molecule is C[C@H](Sc1nc2ccccc2s1)C(=O)Nc1ccc(Cl)c(S(=O)(=O)N(C)C)c1. The first kappa shape index (κ1) is 21.1. The van der Waals surface area contributed by atoms with Crippen LogP contribution in [0.25, 0.3) is 10.2 Å². The van der Waals surface area contributed by atoms with Crippen molar-refractivity contribution in [2.45, 2.75) is 21.4 Å². The maximum atomic E-state index is 12.6. The minimum Gasteiger partial charge on any atom is -0.325 e. The molecule has 0 aliphatic rings. The van der Waals surface area contributed by atoms with Gasteiger partial charge >= 0.3 is 0 Å². The summed E-state index contributed by atoms with van der Waals surface area (Å²) in [5.41, 5.74) is 1.27. The van der Waals surface area contributed by atoms with Crippen molar-refractivity contribution in [3.8, 4) is 0 Å². The lowest BCUT2D eigenvalue weighted by atomic mass is 10.3. The Balaban J connectivity index is 1.75. The Kier molecular flexibility index (Phi) is 6.31. The van der Waals surface area contributed by atoms with Gasteiger partial charge in [0.15, 0.2) is 4.34 Å². The van der Waals surface area contributed by atoms with E-state index < -0.39 is 15.3 Å². The fourth-order valence-electron chi connectivity index (χ4n) is 2.33. The number of thiazole rings is 1. The molecular formula is C18H18ClN3O3S3. The number of amides is 1. The number of sulfonamides is 1. The molecule has 0 fully saturated rings. The first-order valence-electron chi connectivity index (χ1n) is 8.23. The molecule has 1 N–H and O–H groups in total. The molecule has 0 bridgehead atoms. The average Bonchev–Trinajstić information content (AvgIpc) is 3.05. The number of benzene rings is 2. The summed E-state index contributed by atoms with van der Waals surface area (Å²) in [6.07, 6.45) is 0. The van der Waals surface area contributed by atoms with Crippen LogP contribution < -0.4 is 5.32 Å². The van der Waals surface area contributed by atoms with Crippen LogP contribution in [0.15, 0.2) is 51.7 Å². The van der Waals surface area contributed by atoms with Gasteiger partial charge in [-0.25, -0.2) is 17.7 Å². The van der Waals surface area contributed by atoms with E-state index in [1.807, 2.05) is 24.3 Å². The summed E-state index contributed by atoms with van der Waals surface area (Å²) in [6.45, 7) is 1.78. The highest BCUT2D eigenvalue weighted by atomic mass is 35.5. The van der Waals surface area contributed by atoms with Crippen LogP contribution in [0.3, 0.4) is 0 Å². The van der Waals surface area contributed by atoms with Gasteiger partial charge < -0.3 is 5.32 Å². The van der Waals surface area contributed by atoms with E-state index in [-0.39, 0.29) is 15.8 Å². The second kappa shape index (κ2) is 8.38. The van der Waals surface area contributed by atoms with Crippen molar-refractivity contribution in [3.63, 3.8) is 0 Å². The number of hydrogen-bond acceptors (Lipinski definition) is 6. The average molecular weight is 456 g/mol. The maximum absolute atomic E-state index is 12.6. The number of hydrogen-bond donors (Lipinski definition) is 1. The summed E-state index contributed by atoms with van der Waals surface area (Å²) in [4.78, 5) is 17.0. The van der Waals surface area contributed by atoms with Crippen molar-refractivity contribution in [1.29, 1.82) is 0 Å². The standard InChI is InChI=1S/C18H18ClN3O3S3/c1-11(26-18-21-14-6-4-5-7-15(14)27-18)17(23)20-12-8-9-13(19)16(10-12)28(24,25)22(2)3/h4-11H,1-3H3,(H,20,23)/t11-/m0/s1. The number of thioether (sulfide) groups is 1. The molecule has 1 heterocycles. The lowest BCUT2D eigenvalue weighted by Gasteiger charge is -2.15. The van der Waals surface area contributed by atoms with Gasteiger partial charge in [0.2, 0.25) is 15.9 Å². The number of halogens is 1. The highest BCUT2D eigenvalue weighted by molar-refractivity contribution is 8.02. The van der Waals surface area contributed by atoms with Gasteiger partial charge in [-0.15, -0.1) is 11.3 Å². The third-order valence-electron chi connectivity index (χ3n) is 3.88. The molecule has 0 aliphatic carbocycles. The second-order valence-electron chi connectivity index (χ2n) is 6.13. The summed E-state index contributed by atoms with van der Waals surface area (Å²) < 4.78 is 27.7. The molecule has 148 valence electrons. The van der Waals surface area contributed by atoms with E-state index in [0.29, 0.717) is 5.69 Å². The molecule has 0 radical (unpaired) electrons. The Morgan fingerprint density at radius 3 is 2.64 bits per heavy atom. The summed E-state index contributed by atoms with van der Waals surface area (Å²) in [6, 6.07) is 12.2. The van der Waals surface area contributed by atoms with E-state index >= 15 is 0 Å². The lowest BCUT2D eigenvalue weighted by molar-refractivity contribution is -0.115. The summed E-state index contributed by atoms with van der Waals surface area (Å²) in [5.74, 6) is -0.250. The van der Waals surface area contributed by atoms with Gasteiger partial charge in [-0.05, 0) is 37.3 Å². The van der Waals surface area contributed by atoms with Crippen molar-refractivity contribution >= 4 is 66.5 Å². The van der Waals surface area contributed by atoms with Gasteiger partial charge in [-0.3, -0.25) is 4.79 Å². The van der Waals surface area contributed by atoms with E-state index in [2.05, 4.69) is 10.3 Å². The molecule has 10 heteroatoms. The predicted molar refractivity (Wildman–Crippen MR) is 116 cm³/mol. The van der Waals surface area contributed by atoms with Crippen LogP contribution >= 0.6 is 34.7 Å². The number of fused-ring (bicyclic) bond motifs is 1. The molecule has 3 rings (SSSR count). The van der Waals surface area contributed by atoms with Crippen LogP contribution in [0.5, 0.6) is 0 Å². The third-order valence-corrected chi connectivity index (χ3v) is 8.41. The molecule has 0 saturated carbocycles. The minimum absolute atomic E-state index is 0.0524. The minimum atomic E-state index is -3.71. The Hall–Kier alpha value is -1.65. The van der Waals surface area contributed by atoms with Crippen LogP contribution in [0.4, 0.5) is 5.69 Å². The molecule has 28 heavy (non-hydrogen) atoms. The first-order valence-corrected chi connectivity index (χ1v) is 11.7. The number of carbonyl (C=O) groups is 1. The summed E-state index contributed by atoms with van der Waals surface area (Å²) >= 11 is 8.93. The van der Waals surface area contributed by atoms with Gasteiger partial charge in [-0.1, -0.05) is 35.5 Å². The Morgan fingerprint density at radius 1 is 1.25 bits per heavy atom. The van der Waals surface area contributed by atoms with Crippen LogP contribution in [-0.2, 0) is 14.8 Å². The number of nitrogens with zero attached hydrogens (tertiary/aromatic N) is 2. The Labute approximate surface area is 177 Å². The smallest absolute Gasteiger partial charge is 0.244 e. The largest absolute Gasteiger partial charge is 0.325 e. The highest BCUT2D eigenvalue weighted by Crippen LogP contribution is 2.32. The number of carbonyl (C=O) groups excluding carboxylic acids is 1. The highest BCUT2D eigenvalue weighted by Gasteiger charge is 2.22. The van der Waals surface area contributed by atoms with E-state index in [4.69, 9.17) is 11.6 Å². The van der Waals surface area contributed by atoms with E-state index in [9.17, 15) is 13.2 Å². The topological polar surface area (TPSA) is 79.4 Å².